The van der Waals surface area contributed by atoms with Crippen LogP contribution in [0.5, 0.6) is 0 Å². The number of alkyl carbamates (subject to hydrolysis) is 1. The van der Waals surface area contributed by atoms with Crippen LogP contribution in [0.1, 0.15) is 34.6 Å². The van der Waals surface area contributed by atoms with Gasteiger partial charge >= 0.3 is 12.1 Å². The Kier molecular flexibility index (Phi) is 6.24. The van der Waals surface area contributed by atoms with Crippen LogP contribution in [0, 0.1) is 17.8 Å². The van der Waals surface area contributed by atoms with Crippen LogP contribution in [0.25, 0.3) is 0 Å². The lowest BCUT2D eigenvalue weighted by molar-refractivity contribution is -0.133. The van der Waals surface area contributed by atoms with E-state index in [9.17, 15) is 9.59 Å². The van der Waals surface area contributed by atoms with E-state index < -0.39 is 23.7 Å². The molecule has 102 valence electrons. The van der Waals surface area contributed by atoms with Crippen LogP contribution < -0.4 is 5.32 Å². The fourth-order valence-corrected chi connectivity index (χ4v) is 0.992. The average molecular weight is 255 g/mol. The van der Waals surface area contributed by atoms with Crippen molar-refractivity contribution < 1.29 is 19.1 Å². The van der Waals surface area contributed by atoms with Crippen molar-refractivity contribution in [2.45, 2.75) is 46.3 Å². The fourth-order valence-electron chi connectivity index (χ4n) is 0.992. The van der Waals surface area contributed by atoms with Gasteiger partial charge in [0.25, 0.3) is 0 Å². The molecule has 0 aliphatic rings. The van der Waals surface area contributed by atoms with Gasteiger partial charge in [-0.3, -0.25) is 0 Å². The Balaban J connectivity index is 4.59. The topological polar surface area (TPSA) is 64.6 Å². The number of hydrogen-bond acceptors (Lipinski definition) is 4. The van der Waals surface area contributed by atoms with Crippen molar-refractivity contribution in [3.05, 3.63) is 0 Å². The molecule has 0 aromatic rings. The zero-order chi connectivity index (χ0) is 14.3. The predicted octanol–water partition coefficient (Wildman–Crippen LogP) is 1.71. The normalized spacial score (nSPS) is 12.2. The Hall–Kier alpha value is -1.70. The van der Waals surface area contributed by atoms with Crippen molar-refractivity contribution in [2.75, 3.05) is 7.11 Å². The van der Waals surface area contributed by atoms with Crippen molar-refractivity contribution in [1.29, 1.82) is 0 Å². The molecular formula is C13H21NO4. The average Bonchev–Trinajstić information content (AvgIpc) is 2.20. The molecule has 0 unspecified atom stereocenters. The van der Waals surface area contributed by atoms with Gasteiger partial charge in [0.15, 0.2) is 0 Å². The summed E-state index contributed by atoms with van der Waals surface area (Å²) in [5.41, 5.74) is -0.568. The maximum Gasteiger partial charge on any atom is 0.408 e. The fraction of sp³-hybridized carbons (Fsp3) is 0.692. The minimum absolute atomic E-state index is 0.0506. The van der Waals surface area contributed by atoms with Crippen molar-refractivity contribution in [2.24, 2.45) is 5.92 Å². The zero-order valence-electron chi connectivity index (χ0n) is 11.8. The monoisotopic (exact) mass is 255 g/mol. The Morgan fingerprint density at radius 2 is 1.78 bits per heavy atom. The van der Waals surface area contributed by atoms with Gasteiger partial charge in [-0.25, -0.2) is 9.59 Å². The maximum absolute atomic E-state index is 11.6. The molecule has 1 atom stereocenters. The van der Waals surface area contributed by atoms with Gasteiger partial charge in [-0.15, -0.1) is 0 Å². The van der Waals surface area contributed by atoms with Gasteiger partial charge in [0.2, 0.25) is 0 Å². The molecule has 5 nitrogen and oxygen atoms in total. The molecule has 0 aromatic carbocycles. The Morgan fingerprint density at radius 1 is 1.22 bits per heavy atom. The summed E-state index contributed by atoms with van der Waals surface area (Å²) < 4.78 is 9.53. The second kappa shape index (κ2) is 6.90. The van der Waals surface area contributed by atoms with Gasteiger partial charge in [0, 0.05) is 5.92 Å². The van der Waals surface area contributed by atoms with Crippen LogP contribution in [0.3, 0.4) is 0 Å². The summed E-state index contributed by atoms with van der Waals surface area (Å²) in [6.07, 6.45) is -0.555. The summed E-state index contributed by atoms with van der Waals surface area (Å²) in [5.74, 6) is 4.37. The van der Waals surface area contributed by atoms with Crippen molar-refractivity contribution >= 4 is 12.1 Å². The van der Waals surface area contributed by atoms with Gasteiger partial charge in [-0.05, 0) is 26.7 Å². The number of amides is 1. The molecule has 0 saturated carbocycles. The Labute approximate surface area is 108 Å². The third kappa shape index (κ3) is 7.55. The summed E-state index contributed by atoms with van der Waals surface area (Å²) in [7, 11) is 1.25. The highest BCUT2D eigenvalue weighted by Gasteiger charge is 2.20. The standard InChI is InChI=1S/C13H21NO4/c1-9(2)10(7-8-11(15)17-6)14-12(16)18-13(3,4)5/h9-10H,1-6H3,(H,14,16)/t10-/m1/s1. The number of nitrogens with one attached hydrogen (secondary N) is 1. The van der Waals surface area contributed by atoms with Gasteiger partial charge in [-0.1, -0.05) is 19.8 Å². The quantitative estimate of drug-likeness (QED) is 0.463. The van der Waals surface area contributed by atoms with Gasteiger partial charge in [-0.2, -0.15) is 0 Å². The summed E-state index contributed by atoms with van der Waals surface area (Å²) in [5, 5.41) is 2.61. The molecule has 1 N–H and O–H groups in total. The lowest BCUT2D eigenvalue weighted by Gasteiger charge is -2.22. The summed E-state index contributed by atoms with van der Waals surface area (Å²) in [6.45, 7) is 9.09. The second-order valence-corrected chi connectivity index (χ2v) is 5.13. The van der Waals surface area contributed by atoms with E-state index in [4.69, 9.17) is 4.74 Å². The first-order valence-corrected chi connectivity index (χ1v) is 5.74. The Morgan fingerprint density at radius 3 is 2.17 bits per heavy atom. The number of ether oxygens (including phenoxy) is 2. The lowest BCUT2D eigenvalue weighted by Crippen LogP contribution is -2.41. The molecule has 0 aromatic heterocycles. The minimum atomic E-state index is -0.633. The van der Waals surface area contributed by atoms with Crippen LogP contribution in [-0.2, 0) is 14.3 Å². The third-order valence-electron chi connectivity index (χ3n) is 1.85. The molecule has 0 rings (SSSR count). The van der Waals surface area contributed by atoms with E-state index in [1.165, 1.54) is 7.11 Å². The lowest BCUT2D eigenvalue weighted by atomic mass is 10.1. The van der Waals surface area contributed by atoms with E-state index in [1.54, 1.807) is 20.8 Å². The minimum Gasteiger partial charge on any atom is -0.459 e. The molecule has 0 spiro atoms. The number of carbonyl (C=O) groups excluding carboxylic acids is 2. The van der Waals surface area contributed by atoms with Gasteiger partial charge < -0.3 is 14.8 Å². The summed E-state index contributed by atoms with van der Waals surface area (Å²) in [6, 6.07) is -0.459. The predicted molar refractivity (Wildman–Crippen MR) is 67.8 cm³/mol. The van der Waals surface area contributed by atoms with Crippen molar-refractivity contribution in [1.82, 2.24) is 5.32 Å². The Bertz CT molecular complexity index is 357. The first-order chi connectivity index (χ1) is 8.15. The van der Waals surface area contributed by atoms with E-state index in [1.807, 2.05) is 13.8 Å². The smallest absolute Gasteiger partial charge is 0.408 e. The molecule has 0 bridgehead atoms. The number of carbonyl (C=O) groups is 2. The van der Waals surface area contributed by atoms with E-state index in [0.29, 0.717) is 0 Å². The highest BCUT2D eigenvalue weighted by molar-refractivity contribution is 5.88. The highest BCUT2D eigenvalue weighted by atomic mass is 16.6. The summed E-state index contributed by atoms with van der Waals surface area (Å²) >= 11 is 0. The molecule has 0 aliphatic carbocycles. The molecule has 0 fully saturated rings. The SMILES string of the molecule is COC(=O)C#C[C@@H](NC(=O)OC(C)(C)C)C(C)C. The molecule has 0 heterocycles. The zero-order valence-corrected chi connectivity index (χ0v) is 11.8. The third-order valence-corrected chi connectivity index (χ3v) is 1.85. The number of rotatable bonds is 2. The number of esters is 1. The van der Waals surface area contributed by atoms with E-state index in [-0.39, 0.29) is 5.92 Å². The van der Waals surface area contributed by atoms with E-state index in [0.717, 1.165) is 0 Å². The van der Waals surface area contributed by atoms with Crippen molar-refractivity contribution in [3.63, 3.8) is 0 Å². The number of methoxy groups -OCH3 is 1. The van der Waals surface area contributed by atoms with Gasteiger partial charge in [0.1, 0.15) is 5.60 Å². The number of hydrogen-bond donors (Lipinski definition) is 1. The first-order valence-electron chi connectivity index (χ1n) is 5.74. The molecule has 0 radical (unpaired) electrons. The summed E-state index contributed by atoms with van der Waals surface area (Å²) in [4.78, 5) is 22.5. The molecule has 18 heavy (non-hydrogen) atoms. The van der Waals surface area contributed by atoms with Crippen molar-refractivity contribution in [3.8, 4) is 11.8 Å². The van der Waals surface area contributed by atoms with Crippen LogP contribution in [0.15, 0.2) is 0 Å². The molecule has 0 aliphatic heterocycles. The molecular weight excluding hydrogens is 234 g/mol. The van der Waals surface area contributed by atoms with Crippen LogP contribution in [0.2, 0.25) is 0 Å². The maximum atomic E-state index is 11.6. The first kappa shape index (κ1) is 16.3. The van der Waals surface area contributed by atoms with Gasteiger partial charge in [0.05, 0.1) is 13.2 Å². The molecule has 5 heteroatoms. The molecule has 0 saturated heterocycles. The van der Waals surface area contributed by atoms with Crippen LogP contribution >= 0.6 is 0 Å². The second-order valence-electron chi connectivity index (χ2n) is 5.13. The van der Waals surface area contributed by atoms with E-state index >= 15 is 0 Å². The van der Waals surface area contributed by atoms with Crippen LogP contribution in [-0.4, -0.2) is 30.8 Å². The van der Waals surface area contributed by atoms with Crippen LogP contribution in [0.4, 0.5) is 4.79 Å². The highest BCUT2D eigenvalue weighted by Crippen LogP contribution is 2.08. The largest absolute Gasteiger partial charge is 0.459 e. The molecule has 1 amide bonds. The van der Waals surface area contributed by atoms with E-state index in [2.05, 4.69) is 21.9 Å².